The van der Waals surface area contributed by atoms with Crippen LogP contribution in [0, 0.1) is 0 Å². The second-order valence-electron chi connectivity index (χ2n) is 5.66. The molecule has 1 aromatic carbocycles. The van der Waals surface area contributed by atoms with Crippen molar-refractivity contribution in [1.29, 1.82) is 0 Å². The van der Waals surface area contributed by atoms with Gasteiger partial charge >= 0.3 is 6.03 Å². The van der Waals surface area contributed by atoms with Crippen molar-refractivity contribution >= 4 is 23.7 Å². The number of rotatable bonds is 4. The molecule has 124 valence electrons. The van der Waals surface area contributed by atoms with E-state index in [9.17, 15) is 9.59 Å². The Balaban J connectivity index is 1.56. The monoisotopic (exact) mass is 336 g/mol. The first-order valence-corrected chi connectivity index (χ1v) is 8.67. The summed E-state index contributed by atoms with van der Waals surface area (Å²) >= 11 is 1.38. The summed E-state index contributed by atoms with van der Waals surface area (Å²) in [6, 6.07) is 5.44. The lowest BCUT2D eigenvalue weighted by molar-refractivity contribution is -0.119. The van der Waals surface area contributed by atoms with E-state index in [4.69, 9.17) is 9.47 Å². The Morgan fingerprint density at radius 3 is 2.70 bits per heavy atom. The zero-order valence-electron chi connectivity index (χ0n) is 13.0. The number of thioether (sulfide) groups is 1. The van der Waals surface area contributed by atoms with Crippen LogP contribution < -0.4 is 20.1 Å². The number of carbonyl (C=O) groups excluding carboxylic acids is 2. The number of hydrogen-bond donors (Lipinski definition) is 2. The normalized spacial score (nSPS) is 17.8. The molecule has 0 radical (unpaired) electrons. The van der Waals surface area contributed by atoms with Gasteiger partial charge < -0.3 is 14.8 Å². The minimum atomic E-state index is -0.413. The number of imide groups is 1. The summed E-state index contributed by atoms with van der Waals surface area (Å²) in [4.78, 5) is 24.6. The summed E-state index contributed by atoms with van der Waals surface area (Å²) in [5.74, 6) is 1.12. The van der Waals surface area contributed by atoms with Gasteiger partial charge in [-0.3, -0.25) is 10.1 Å². The molecule has 1 aliphatic carbocycles. The molecule has 23 heavy (non-hydrogen) atoms. The maximum atomic E-state index is 12.1. The van der Waals surface area contributed by atoms with Gasteiger partial charge in [0, 0.05) is 17.4 Å². The van der Waals surface area contributed by atoms with Gasteiger partial charge in [0.15, 0.2) is 11.5 Å². The number of urea groups is 1. The van der Waals surface area contributed by atoms with Crippen LogP contribution in [-0.4, -0.2) is 36.4 Å². The lowest BCUT2D eigenvalue weighted by Gasteiger charge is -2.13. The van der Waals surface area contributed by atoms with Crippen LogP contribution >= 0.6 is 11.8 Å². The first-order chi connectivity index (χ1) is 11.1. The molecule has 1 atom stereocenters. The van der Waals surface area contributed by atoms with Crippen molar-refractivity contribution in [3.05, 3.63) is 18.2 Å². The molecular formula is C16H20N2O4S. The molecule has 0 aromatic heterocycles. The largest absolute Gasteiger partial charge is 0.490 e. The van der Waals surface area contributed by atoms with Gasteiger partial charge in [-0.1, -0.05) is 0 Å². The van der Waals surface area contributed by atoms with Crippen molar-refractivity contribution in [1.82, 2.24) is 10.6 Å². The highest BCUT2D eigenvalue weighted by molar-refractivity contribution is 8.00. The van der Waals surface area contributed by atoms with Crippen molar-refractivity contribution in [2.45, 2.75) is 42.4 Å². The van der Waals surface area contributed by atoms with E-state index in [0.29, 0.717) is 19.0 Å². The zero-order chi connectivity index (χ0) is 16.2. The van der Waals surface area contributed by atoms with E-state index in [1.54, 1.807) is 6.92 Å². The maximum absolute atomic E-state index is 12.1. The van der Waals surface area contributed by atoms with Crippen molar-refractivity contribution in [2.24, 2.45) is 0 Å². The standard InChI is InChI=1S/C16H20N2O4S/c1-10(15(19)18-16(20)17-11-3-4-11)23-12-5-6-13-14(9-12)22-8-2-7-21-13/h5-6,9-11H,2-4,7-8H2,1H3,(H2,17,18,19,20)/t10-/m0/s1. The topological polar surface area (TPSA) is 76.7 Å². The van der Waals surface area contributed by atoms with Crippen LogP contribution in [0.4, 0.5) is 4.79 Å². The van der Waals surface area contributed by atoms with Crippen LogP contribution in [0.1, 0.15) is 26.2 Å². The van der Waals surface area contributed by atoms with Crippen LogP contribution in [0.5, 0.6) is 11.5 Å². The summed E-state index contributed by atoms with van der Waals surface area (Å²) in [6.45, 7) is 3.04. The Morgan fingerprint density at radius 2 is 1.96 bits per heavy atom. The summed E-state index contributed by atoms with van der Waals surface area (Å²) in [5.41, 5.74) is 0. The SMILES string of the molecule is C[C@H](Sc1ccc2c(c1)OCCCO2)C(=O)NC(=O)NC1CC1. The Hall–Kier alpha value is -1.89. The lowest BCUT2D eigenvalue weighted by atomic mass is 10.3. The molecule has 2 aliphatic rings. The highest BCUT2D eigenvalue weighted by Crippen LogP contribution is 2.35. The zero-order valence-corrected chi connectivity index (χ0v) is 13.8. The molecule has 0 saturated heterocycles. The highest BCUT2D eigenvalue weighted by Gasteiger charge is 2.25. The van der Waals surface area contributed by atoms with Gasteiger partial charge in [-0.2, -0.15) is 0 Å². The average molecular weight is 336 g/mol. The van der Waals surface area contributed by atoms with Crippen molar-refractivity contribution in [3.63, 3.8) is 0 Å². The fourth-order valence-corrected chi connectivity index (χ4v) is 3.03. The lowest BCUT2D eigenvalue weighted by Crippen LogP contribution is -2.43. The second-order valence-corrected chi connectivity index (χ2v) is 7.07. The Labute approximate surface area is 139 Å². The van der Waals surface area contributed by atoms with E-state index in [1.165, 1.54) is 11.8 Å². The molecule has 1 fully saturated rings. The van der Waals surface area contributed by atoms with Crippen LogP contribution in [-0.2, 0) is 4.79 Å². The Bertz CT molecular complexity index is 604. The van der Waals surface area contributed by atoms with E-state index < -0.39 is 6.03 Å². The fourth-order valence-electron chi connectivity index (χ4n) is 2.14. The van der Waals surface area contributed by atoms with E-state index >= 15 is 0 Å². The molecule has 1 aliphatic heterocycles. The van der Waals surface area contributed by atoms with Crippen LogP contribution in [0.25, 0.3) is 0 Å². The van der Waals surface area contributed by atoms with Crippen LogP contribution in [0.3, 0.4) is 0 Å². The quantitative estimate of drug-likeness (QED) is 0.825. The van der Waals surface area contributed by atoms with Crippen LogP contribution in [0.15, 0.2) is 23.1 Å². The molecule has 6 nitrogen and oxygen atoms in total. The maximum Gasteiger partial charge on any atom is 0.321 e. The molecule has 0 spiro atoms. The molecule has 1 saturated carbocycles. The second kappa shape index (κ2) is 7.12. The third-order valence-electron chi connectivity index (χ3n) is 3.55. The third-order valence-corrected chi connectivity index (χ3v) is 4.64. The van der Waals surface area contributed by atoms with Gasteiger partial charge in [0.25, 0.3) is 0 Å². The molecule has 0 unspecified atom stereocenters. The van der Waals surface area contributed by atoms with E-state index in [-0.39, 0.29) is 17.2 Å². The van der Waals surface area contributed by atoms with Crippen molar-refractivity contribution < 1.29 is 19.1 Å². The van der Waals surface area contributed by atoms with Gasteiger partial charge in [0.2, 0.25) is 5.91 Å². The van der Waals surface area contributed by atoms with E-state index in [0.717, 1.165) is 29.9 Å². The minimum absolute atomic E-state index is 0.229. The first kappa shape index (κ1) is 16.0. The molecular weight excluding hydrogens is 316 g/mol. The molecule has 0 bridgehead atoms. The summed E-state index contributed by atoms with van der Waals surface area (Å²) < 4.78 is 11.2. The summed E-state index contributed by atoms with van der Waals surface area (Å²) in [5, 5.41) is 4.73. The van der Waals surface area contributed by atoms with Gasteiger partial charge in [0.1, 0.15) is 0 Å². The van der Waals surface area contributed by atoms with Gasteiger partial charge in [-0.25, -0.2) is 4.79 Å². The number of carbonyl (C=O) groups is 2. The van der Waals surface area contributed by atoms with Gasteiger partial charge in [-0.15, -0.1) is 11.8 Å². The fraction of sp³-hybridized carbons (Fsp3) is 0.500. The molecule has 7 heteroatoms. The molecule has 3 amide bonds. The average Bonchev–Trinajstić information content (AvgIpc) is 3.33. The number of amides is 3. The predicted molar refractivity (Wildman–Crippen MR) is 87.1 cm³/mol. The van der Waals surface area contributed by atoms with Gasteiger partial charge in [-0.05, 0) is 38.0 Å². The highest BCUT2D eigenvalue weighted by atomic mass is 32.2. The van der Waals surface area contributed by atoms with Crippen LogP contribution in [0.2, 0.25) is 0 Å². The molecule has 2 N–H and O–H groups in total. The Kier molecular flexibility index (Phi) is 4.95. The summed E-state index contributed by atoms with van der Waals surface area (Å²) in [6.07, 6.45) is 2.83. The number of fused-ring (bicyclic) bond motifs is 1. The molecule has 3 rings (SSSR count). The molecule has 1 heterocycles. The smallest absolute Gasteiger partial charge is 0.321 e. The molecule has 1 aromatic rings. The van der Waals surface area contributed by atoms with Crippen molar-refractivity contribution in [3.8, 4) is 11.5 Å². The number of ether oxygens (including phenoxy) is 2. The Morgan fingerprint density at radius 1 is 1.22 bits per heavy atom. The number of hydrogen-bond acceptors (Lipinski definition) is 5. The number of nitrogens with one attached hydrogen (secondary N) is 2. The predicted octanol–water partition coefficient (Wildman–Crippen LogP) is 2.32. The van der Waals surface area contributed by atoms with E-state index in [2.05, 4.69) is 10.6 Å². The van der Waals surface area contributed by atoms with E-state index in [1.807, 2.05) is 18.2 Å². The first-order valence-electron chi connectivity index (χ1n) is 7.79. The van der Waals surface area contributed by atoms with Crippen molar-refractivity contribution in [2.75, 3.05) is 13.2 Å². The third kappa shape index (κ3) is 4.54. The summed E-state index contributed by atoms with van der Waals surface area (Å²) in [7, 11) is 0. The minimum Gasteiger partial charge on any atom is -0.490 e. The van der Waals surface area contributed by atoms with Gasteiger partial charge in [0.05, 0.1) is 18.5 Å². The number of benzene rings is 1.